The lowest BCUT2D eigenvalue weighted by atomic mass is 10.2. The van der Waals surface area contributed by atoms with Crippen LogP contribution in [0.5, 0.6) is 0 Å². The molecule has 0 spiro atoms. The van der Waals surface area contributed by atoms with Crippen LogP contribution in [0.15, 0.2) is 54.6 Å². The fourth-order valence-corrected chi connectivity index (χ4v) is 3.29. The Morgan fingerprint density at radius 1 is 1.04 bits per heavy atom. The van der Waals surface area contributed by atoms with Crippen LogP contribution in [0.1, 0.15) is 28.8 Å². The van der Waals surface area contributed by atoms with Crippen LogP contribution in [0.2, 0.25) is 0 Å². The third-order valence-electron chi connectivity index (χ3n) is 4.40. The van der Waals surface area contributed by atoms with Gasteiger partial charge in [0.15, 0.2) is 0 Å². The quantitative estimate of drug-likeness (QED) is 0.507. The smallest absolute Gasteiger partial charge is 0.410 e. The van der Waals surface area contributed by atoms with Gasteiger partial charge < -0.3 is 4.74 Å². The number of carbonyl (C=O) groups excluding carboxylic acids is 3. The summed E-state index contributed by atoms with van der Waals surface area (Å²) < 4.78 is 6.33. The maximum absolute atomic E-state index is 12.4. The van der Waals surface area contributed by atoms with E-state index in [9.17, 15) is 14.4 Å². The molecule has 0 aromatic heterocycles. The summed E-state index contributed by atoms with van der Waals surface area (Å²) in [6.07, 6.45) is 0.681. The minimum absolute atomic E-state index is 0.147. The summed E-state index contributed by atoms with van der Waals surface area (Å²) in [5, 5.41) is 0. The summed E-state index contributed by atoms with van der Waals surface area (Å²) in [4.78, 5) is 38.3. The van der Waals surface area contributed by atoms with Crippen LogP contribution >= 0.6 is 22.6 Å². The summed E-state index contributed by atoms with van der Waals surface area (Å²) in [5.74, 6) is -0.853. The molecule has 1 aliphatic rings. The van der Waals surface area contributed by atoms with Gasteiger partial charge in [-0.05, 0) is 65.3 Å². The fraction of sp³-hybridized carbons (Fsp3) is 0.250. The van der Waals surface area contributed by atoms with Crippen LogP contribution in [-0.2, 0) is 16.1 Å². The Balaban J connectivity index is 1.51. The maximum Gasteiger partial charge on any atom is 0.410 e. The average Bonchev–Trinajstić information content (AvgIpc) is 3.21. The molecule has 146 valence electrons. The maximum atomic E-state index is 12.4. The third-order valence-corrected chi connectivity index (χ3v) is 5.12. The standard InChI is InChI=1S/C20H20IN3O4/c21-16-10-8-15(9-11-16)18(25)22-23-19(26)17-7-4-12-24(17)20(27)28-13-14-5-2-1-3-6-14/h1-3,5-6,8-11,17H,4,7,12-13H2,(H,22,25)(H,23,26)/t17-/m0/s1. The van der Waals surface area contributed by atoms with Crippen molar-refractivity contribution < 1.29 is 19.1 Å². The van der Waals surface area contributed by atoms with Gasteiger partial charge in [0.1, 0.15) is 12.6 Å². The van der Waals surface area contributed by atoms with Gasteiger partial charge in [-0.2, -0.15) is 0 Å². The number of hydrazine groups is 1. The van der Waals surface area contributed by atoms with E-state index in [4.69, 9.17) is 4.74 Å². The molecule has 0 unspecified atom stereocenters. The predicted molar refractivity (Wildman–Crippen MR) is 111 cm³/mol. The first kappa shape index (κ1) is 20.1. The fourth-order valence-electron chi connectivity index (χ4n) is 2.94. The van der Waals surface area contributed by atoms with Gasteiger partial charge in [-0.3, -0.25) is 25.3 Å². The first-order valence-corrected chi connectivity index (χ1v) is 9.95. The van der Waals surface area contributed by atoms with Crippen LogP contribution < -0.4 is 10.9 Å². The Morgan fingerprint density at radius 2 is 1.75 bits per heavy atom. The van der Waals surface area contributed by atoms with Crippen molar-refractivity contribution in [3.63, 3.8) is 0 Å². The number of nitrogens with zero attached hydrogens (tertiary/aromatic N) is 1. The lowest BCUT2D eigenvalue weighted by Crippen LogP contribution is -2.51. The molecule has 1 aliphatic heterocycles. The molecule has 0 saturated carbocycles. The number of halogens is 1. The van der Waals surface area contributed by atoms with Gasteiger partial charge in [0.2, 0.25) is 0 Å². The minimum Gasteiger partial charge on any atom is -0.445 e. The monoisotopic (exact) mass is 493 g/mol. The molecule has 7 nitrogen and oxygen atoms in total. The van der Waals surface area contributed by atoms with E-state index < -0.39 is 23.9 Å². The van der Waals surface area contributed by atoms with Gasteiger partial charge in [-0.15, -0.1) is 0 Å². The molecule has 3 rings (SSSR count). The van der Waals surface area contributed by atoms with E-state index in [0.717, 1.165) is 9.13 Å². The number of likely N-dealkylation sites (tertiary alicyclic amines) is 1. The molecule has 1 heterocycles. The van der Waals surface area contributed by atoms with Crippen molar-refractivity contribution in [2.45, 2.75) is 25.5 Å². The van der Waals surface area contributed by atoms with E-state index in [1.165, 1.54) is 4.90 Å². The number of nitrogens with one attached hydrogen (secondary N) is 2. The molecule has 2 N–H and O–H groups in total. The largest absolute Gasteiger partial charge is 0.445 e. The van der Waals surface area contributed by atoms with Crippen molar-refractivity contribution in [1.82, 2.24) is 15.8 Å². The van der Waals surface area contributed by atoms with Crippen molar-refractivity contribution in [2.24, 2.45) is 0 Å². The van der Waals surface area contributed by atoms with Gasteiger partial charge in [-0.25, -0.2) is 4.79 Å². The van der Waals surface area contributed by atoms with E-state index >= 15 is 0 Å². The van der Waals surface area contributed by atoms with E-state index in [0.29, 0.717) is 24.9 Å². The number of carbonyl (C=O) groups is 3. The van der Waals surface area contributed by atoms with Crippen LogP contribution in [0.25, 0.3) is 0 Å². The highest BCUT2D eigenvalue weighted by Crippen LogP contribution is 2.19. The number of hydrogen-bond acceptors (Lipinski definition) is 4. The average molecular weight is 493 g/mol. The van der Waals surface area contributed by atoms with Gasteiger partial charge in [0.25, 0.3) is 11.8 Å². The highest BCUT2D eigenvalue weighted by atomic mass is 127. The Hall–Kier alpha value is -2.62. The molecule has 0 bridgehead atoms. The zero-order chi connectivity index (χ0) is 19.9. The summed E-state index contributed by atoms with van der Waals surface area (Å²) in [6, 6.07) is 15.6. The molecular formula is C20H20IN3O4. The van der Waals surface area contributed by atoms with Gasteiger partial charge in [-0.1, -0.05) is 30.3 Å². The predicted octanol–water partition coefficient (Wildman–Crippen LogP) is 2.85. The summed E-state index contributed by atoms with van der Waals surface area (Å²) in [7, 11) is 0. The number of benzene rings is 2. The van der Waals surface area contributed by atoms with E-state index in [-0.39, 0.29) is 6.61 Å². The molecule has 0 radical (unpaired) electrons. The molecule has 1 saturated heterocycles. The molecule has 0 aliphatic carbocycles. The lowest BCUT2D eigenvalue weighted by molar-refractivity contribution is -0.125. The summed E-state index contributed by atoms with van der Waals surface area (Å²) in [5.41, 5.74) is 6.11. The SMILES string of the molecule is O=C(NNC(=O)[C@@H]1CCCN1C(=O)OCc1ccccc1)c1ccc(I)cc1. The number of ether oxygens (including phenoxy) is 1. The Morgan fingerprint density at radius 3 is 2.46 bits per heavy atom. The Kier molecular flexibility index (Phi) is 6.85. The van der Waals surface area contributed by atoms with Crippen molar-refractivity contribution in [1.29, 1.82) is 0 Å². The van der Waals surface area contributed by atoms with Gasteiger partial charge in [0.05, 0.1) is 0 Å². The van der Waals surface area contributed by atoms with Crippen LogP contribution in [-0.4, -0.2) is 35.4 Å². The zero-order valence-corrected chi connectivity index (χ0v) is 17.2. The van der Waals surface area contributed by atoms with Crippen molar-refractivity contribution in [3.05, 3.63) is 69.3 Å². The topological polar surface area (TPSA) is 87.7 Å². The van der Waals surface area contributed by atoms with E-state index in [1.54, 1.807) is 24.3 Å². The second-order valence-electron chi connectivity index (χ2n) is 6.34. The molecule has 3 amide bonds. The van der Waals surface area contributed by atoms with Gasteiger partial charge >= 0.3 is 6.09 Å². The van der Waals surface area contributed by atoms with Crippen molar-refractivity contribution in [3.8, 4) is 0 Å². The zero-order valence-electron chi connectivity index (χ0n) is 15.1. The first-order valence-electron chi connectivity index (χ1n) is 8.87. The van der Waals surface area contributed by atoms with E-state index in [2.05, 4.69) is 33.4 Å². The van der Waals surface area contributed by atoms with Crippen LogP contribution in [0.3, 0.4) is 0 Å². The molecule has 28 heavy (non-hydrogen) atoms. The highest BCUT2D eigenvalue weighted by Gasteiger charge is 2.35. The molecule has 8 heteroatoms. The van der Waals surface area contributed by atoms with Crippen molar-refractivity contribution >= 4 is 40.5 Å². The van der Waals surface area contributed by atoms with Crippen LogP contribution in [0.4, 0.5) is 4.79 Å². The molecular weight excluding hydrogens is 473 g/mol. The normalized spacial score (nSPS) is 15.8. The molecule has 1 atom stereocenters. The summed E-state index contributed by atoms with van der Waals surface area (Å²) in [6.45, 7) is 0.588. The molecule has 2 aromatic carbocycles. The van der Waals surface area contributed by atoms with E-state index in [1.807, 2.05) is 30.3 Å². The first-order chi connectivity index (χ1) is 13.5. The Labute approximate surface area is 176 Å². The number of amides is 3. The number of rotatable bonds is 4. The number of hydrogen-bond donors (Lipinski definition) is 2. The third kappa shape index (κ3) is 5.22. The van der Waals surface area contributed by atoms with Gasteiger partial charge in [0, 0.05) is 15.7 Å². The second kappa shape index (κ2) is 9.54. The molecule has 1 fully saturated rings. The Bertz CT molecular complexity index is 842. The summed E-state index contributed by atoms with van der Waals surface area (Å²) >= 11 is 2.15. The van der Waals surface area contributed by atoms with Crippen LogP contribution in [0, 0.1) is 3.57 Å². The minimum atomic E-state index is -0.666. The highest BCUT2D eigenvalue weighted by molar-refractivity contribution is 14.1. The second-order valence-corrected chi connectivity index (χ2v) is 7.59. The lowest BCUT2D eigenvalue weighted by Gasteiger charge is -2.23. The van der Waals surface area contributed by atoms with Crippen molar-refractivity contribution in [2.75, 3.05) is 6.54 Å². The molecule has 2 aromatic rings.